The molecule has 0 radical (unpaired) electrons. The van der Waals surface area contributed by atoms with Gasteiger partial charge in [-0.1, -0.05) is 19.8 Å². The molecule has 3 aromatic carbocycles. The van der Waals surface area contributed by atoms with Gasteiger partial charge in [0.1, 0.15) is 23.4 Å². The fraction of sp³-hybridized carbons (Fsp3) is 0.444. The van der Waals surface area contributed by atoms with Gasteiger partial charge >= 0.3 is 6.03 Å². The summed E-state index contributed by atoms with van der Waals surface area (Å²) in [5, 5.41) is 8.73. The van der Waals surface area contributed by atoms with Crippen molar-refractivity contribution >= 4 is 23.3 Å². The topological polar surface area (TPSA) is 101 Å². The zero-order valence-corrected chi connectivity index (χ0v) is 27.3. The number of piperidine rings is 1. The Morgan fingerprint density at radius 1 is 0.911 bits per heavy atom. The van der Waals surface area contributed by atoms with Gasteiger partial charge in [0.25, 0.3) is 5.91 Å². The zero-order valence-electron chi connectivity index (χ0n) is 27.3. The smallest absolute Gasteiger partial charge is 0.319 e. The molecule has 4 rings (SSSR count). The van der Waals surface area contributed by atoms with E-state index in [1.165, 1.54) is 0 Å². The number of carbonyl (C=O) groups is 2. The zero-order chi connectivity index (χ0) is 32.2. The number of rotatable bonds is 14. The maximum absolute atomic E-state index is 13.0. The van der Waals surface area contributed by atoms with Crippen LogP contribution in [-0.4, -0.2) is 55.7 Å². The van der Waals surface area contributed by atoms with Crippen molar-refractivity contribution in [1.82, 2.24) is 10.2 Å². The van der Waals surface area contributed by atoms with Crippen molar-refractivity contribution in [2.24, 2.45) is 0 Å². The Kier molecular flexibility index (Phi) is 12.7. The summed E-state index contributed by atoms with van der Waals surface area (Å²) in [6.07, 6.45) is 5.36. The van der Waals surface area contributed by atoms with Gasteiger partial charge < -0.3 is 35.1 Å². The second-order valence-corrected chi connectivity index (χ2v) is 11.9. The van der Waals surface area contributed by atoms with Crippen LogP contribution in [-0.2, 0) is 11.3 Å². The summed E-state index contributed by atoms with van der Waals surface area (Å²) in [7, 11) is 1.62. The minimum atomic E-state index is -0.237. The van der Waals surface area contributed by atoms with E-state index in [1.54, 1.807) is 25.3 Å². The molecule has 45 heavy (non-hydrogen) atoms. The average molecular weight is 617 g/mol. The van der Waals surface area contributed by atoms with Crippen LogP contribution in [0.5, 0.6) is 17.2 Å². The maximum atomic E-state index is 13.0. The molecular weight excluding hydrogens is 568 g/mol. The second-order valence-electron chi connectivity index (χ2n) is 11.9. The molecule has 3 amide bonds. The van der Waals surface area contributed by atoms with Crippen molar-refractivity contribution in [3.05, 3.63) is 77.4 Å². The summed E-state index contributed by atoms with van der Waals surface area (Å²) in [5.41, 5.74) is 3.54. The molecule has 0 unspecified atom stereocenters. The molecule has 3 aromatic rings. The Morgan fingerprint density at radius 3 is 2.24 bits per heavy atom. The number of likely N-dealkylation sites (tertiary alicyclic amines) is 1. The van der Waals surface area contributed by atoms with Crippen molar-refractivity contribution in [3.8, 4) is 17.2 Å². The van der Waals surface area contributed by atoms with Gasteiger partial charge in [0.2, 0.25) is 0 Å². The molecule has 1 fully saturated rings. The molecule has 1 saturated heterocycles. The average Bonchev–Trinajstić information content (AvgIpc) is 3.02. The summed E-state index contributed by atoms with van der Waals surface area (Å²) in [5.74, 6) is 1.87. The number of ether oxygens (including phenoxy) is 3. The molecule has 9 nitrogen and oxygen atoms in total. The third-order valence-corrected chi connectivity index (χ3v) is 7.96. The molecule has 0 aromatic heterocycles. The summed E-state index contributed by atoms with van der Waals surface area (Å²) in [4.78, 5) is 27.7. The normalized spacial score (nSPS) is 13.8. The highest BCUT2D eigenvalue weighted by Crippen LogP contribution is 2.32. The van der Waals surface area contributed by atoms with Crippen LogP contribution < -0.4 is 25.4 Å². The molecule has 0 saturated carbocycles. The van der Waals surface area contributed by atoms with Gasteiger partial charge in [-0.05, 0) is 106 Å². The molecule has 9 heteroatoms. The Labute approximate surface area is 267 Å². The first-order chi connectivity index (χ1) is 21.7. The monoisotopic (exact) mass is 616 g/mol. The summed E-state index contributed by atoms with van der Waals surface area (Å²) < 4.78 is 17.8. The molecule has 242 valence electrons. The first-order valence-electron chi connectivity index (χ1n) is 16.0. The predicted molar refractivity (Wildman–Crippen MR) is 180 cm³/mol. The third-order valence-electron chi connectivity index (χ3n) is 7.96. The first kappa shape index (κ1) is 33.8. The fourth-order valence-electron chi connectivity index (χ4n) is 5.33. The van der Waals surface area contributed by atoms with Crippen LogP contribution in [0.3, 0.4) is 0 Å². The van der Waals surface area contributed by atoms with E-state index < -0.39 is 0 Å². The van der Waals surface area contributed by atoms with Crippen molar-refractivity contribution in [1.29, 1.82) is 0 Å². The van der Waals surface area contributed by atoms with E-state index in [9.17, 15) is 9.59 Å². The number of nitrogens with zero attached hydrogens (tertiary/aromatic N) is 1. The van der Waals surface area contributed by atoms with E-state index in [4.69, 9.17) is 14.2 Å². The maximum Gasteiger partial charge on any atom is 0.319 e. The Morgan fingerprint density at radius 2 is 1.60 bits per heavy atom. The Balaban J connectivity index is 1.32. The van der Waals surface area contributed by atoms with Crippen LogP contribution in [0.25, 0.3) is 0 Å². The number of methoxy groups -OCH3 is 1. The highest BCUT2D eigenvalue weighted by molar-refractivity contribution is 6.04. The van der Waals surface area contributed by atoms with Crippen molar-refractivity contribution in [2.45, 2.75) is 78.6 Å². The van der Waals surface area contributed by atoms with Crippen molar-refractivity contribution < 1.29 is 23.8 Å². The number of urea groups is 1. The standard InChI is InChI=1S/C36H48N4O5/c1-6-7-8-19-37-36(42)39-30-12-16-34(28(23-30)24-43-5)45-33-15-11-29(22-26(33)4)38-35(41)27-9-13-31(14-10-27)44-32-17-20-40(21-18-32)25(2)3/h9-16,22-23,25,32H,6-8,17-21,24H2,1-5H3,(H,38,41)(H2,37,39,42). The van der Waals surface area contributed by atoms with E-state index in [2.05, 4.69) is 41.6 Å². The van der Waals surface area contributed by atoms with Crippen LogP contribution in [0.1, 0.15) is 74.4 Å². The summed E-state index contributed by atoms with van der Waals surface area (Å²) in [6, 6.07) is 18.6. The van der Waals surface area contributed by atoms with Crippen LogP contribution in [0.4, 0.5) is 16.2 Å². The molecule has 0 bridgehead atoms. The number of nitrogens with one attached hydrogen (secondary N) is 3. The van der Waals surface area contributed by atoms with E-state index in [0.717, 1.165) is 62.1 Å². The summed E-state index contributed by atoms with van der Waals surface area (Å²) >= 11 is 0. The van der Waals surface area contributed by atoms with Gasteiger partial charge in [0.05, 0.1) is 6.61 Å². The number of aryl methyl sites for hydroxylation is 1. The van der Waals surface area contributed by atoms with Gasteiger partial charge in [0, 0.05) is 55.3 Å². The lowest BCUT2D eigenvalue weighted by molar-refractivity contribution is 0.0843. The lowest BCUT2D eigenvalue weighted by atomic mass is 10.1. The SMILES string of the molecule is CCCCCNC(=O)Nc1ccc(Oc2ccc(NC(=O)c3ccc(OC4CCN(C(C)C)CC4)cc3)cc2C)c(COC)c1. The number of carbonyl (C=O) groups excluding carboxylic acids is 2. The van der Waals surface area contributed by atoms with Crippen LogP contribution in [0, 0.1) is 6.92 Å². The second kappa shape index (κ2) is 16.8. The molecule has 0 atom stereocenters. The lowest BCUT2D eigenvalue weighted by Crippen LogP contribution is -2.41. The molecule has 1 heterocycles. The lowest BCUT2D eigenvalue weighted by Gasteiger charge is -2.34. The third kappa shape index (κ3) is 10.2. The Bertz CT molecular complexity index is 1400. The number of hydrogen-bond acceptors (Lipinski definition) is 6. The van der Waals surface area contributed by atoms with Crippen molar-refractivity contribution in [2.75, 3.05) is 37.4 Å². The predicted octanol–water partition coefficient (Wildman–Crippen LogP) is 7.75. The molecule has 0 aliphatic carbocycles. The highest BCUT2D eigenvalue weighted by atomic mass is 16.5. The van der Waals surface area contributed by atoms with E-state index in [1.807, 2.05) is 49.4 Å². The number of amides is 3. The molecule has 1 aliphatic heterocycles. The van der Waals surface area contributed by atoms with Gasteiger partial charge in [0.15, 0.2) is 0 Å². The van der Waals surface area contributed by atoms with Crippen LogP contribution in [0.15, 0.2) is 60.7 Å². The quantitative estimate of drug-likeness (QED) is 0.160. The minimum Gasteiger partial charge on any atom is -0.490 e. The van der Waals surface area contributed by atoms with Crippen molar-refractivity contribution in [3.63, 3.8) is 0 Å². The van der Waals surface area contributed by atoms with Crippen LogP contribution >= 0.6 is 0 Å². The molecule has 1 aliphatic rings. The number of anilines is 2. The van der Waals surface area contributed by atoms with Gasteiger partial charge in [-0.3, -0.25) is 4.79 Å². The van der Waals surface area contributed by atoms with E-state index in [0.29, 0.717) is 47.6 Å². The van der Waals surface area contributed by atoms with E-state index in [-0.39, 0.29) is 18.0 Å². The fourth-order valence-corrected chi connectivity index (χ4v) is 5.33. The van der Waals surface area contributed by atoms with E-state index >= 15 is 0 Å². The Hall–Kier alpha value is -4.08. The minimum absolute atomic E-state index is 0.195. The molecular formula is C36H48N4O5. The van der Waals surface area contributed by atoms with Gasteiger partial charge in [-0.15, -0.1) is 0 Å². The summed E-state index contributed by atoms with van der Waals surface area (Å²) in [6.45, 7) is 11.6. The molecule has 3 N–H and O–H groups in total. The number of unbranched alkanes of at least 4 members (excludes halogenated alkanes) is 2. The first-order valence-corrected chi connectivity index (χ1v) is 16.0. The highest BCUT2D eigenvalue weighted by Gasteiger charge is 2.22. The number of benzene rings is 3. The largest absolute Gasteiger partial charge is 0.490 e. The number of hydrogen-bond donors (Lipinski definition) is 3. The van der Waals surface area contributed by atoms with Crippen LogP contribution in [0.2, 0.25) is 0 Å². The van der Waals surface area contributed by atoms with Gasteiger partial charge in [-0.25, -0.2) is 4.79 Å². The molecule has 0 spiro atoms. The van der Waals surface area contributed by atoms with Gasteiger partial charge in [-0.2, -0.15) is 0 Å².